The fraction of sp³-hybridized carbons (Fsp3) is 0.154. The maximum absolute atomic E-state index is 6.39. The van der Waals surface area contributed by atoms with E-state index in [0.717, 1.165) is 28.5 Å². The standard InChI is InChI=1S/C26H22ClN3O3S/c1-31-18-10-11-20(23(15-18)32-2)30-25(24(29-26(30)34)19-5-3-4-14-28-19)22-13-12-21(33-22)16-6-8-17(27)9-7-16/h3-15,24-25H,1-2H3,(H,29,34)/t24-,25+/m1/s1. The summed E-state index contributed by atoms with van der Waals surface area (Å²) in [6, 6.07) is 22.4. The lowest BCUT2D eigenvalue weighted by molar-refractivity contribution is 0.392. The zero-order chi connectivity index (χ0) is 23.7. The normalized spacial score (nSPS) is 17.5. The smallest absolute Gasteiger partial charge is 0.174 e. The van der Waals surface area contributed by atoms with E-state index in [4.69, 9.17) is 37.7 Å². The number of halogens is 1. The topological polar surface area (TPSA) is 59.8 Å². The van der Waals surface area contributed by atoms with E-state index in [-0.39, 0.29) is 12.1 Å². The van der Waals surface area contributed by atoms with E-state index in [9.17, 15) is 0 Å². The van der Waals surface area contributed by atoms with Crippen LogP contribution in [0.5, 0.6) is 11.5 Å². The van der Waals surface area contributed by atoms with Crippen LogP contribution >= 0.6 is 23.8 Å². The van der Waals surface area contributed by atoms with Gasteiger partial charge in [0.2, 0.25) is 0 Å². The third-order valence-corrected chi connectivity index (χ3v) is 6.36. The first-order chi connectivity index (χ1) is 16.6. The molecule has 172 valence electrons. The number of anilines is 1. The summed E-state index contributed by atoms with van der Waals surface area (Å²) < 4.78 is 17.5. The second-order valence-electron chi connectivity index (χ2n) is 7.74. The van der Waals surface area contributed by atoms with Gasteiger partial charge in [0.25, 0.3) is 0 Å². The van der Waals surface area contributed by atoms with E-state index >= 15 is 0 Å². The van der Waals surface area contributed by atoms with Crippen molar-refractivity contribution in [2.45, 2.75) is 12.1 Å². The number of hydrogen-bond acceptors (Lipinski definition) is 5. The summed E-state index contributed by atoms with van der Waals surface area (Å²) in [6.07, 6.45) is 1.77. The van der Waals surface area contributed by atoms with Crippen LogP contribution in [0.1, 0.15) is 23.5 Å². The van der Waals surface area contributed by atoms with Crippen molar-refractivity contribution in [3.05, 3.63) is 95.5 Å². The maximum atomic E-state index is 6.39. The number of nitrogens with one attached hydrogen (secondary N) is 1. The van der Waals surface area contributed by atoms with Crippen molar-refractivity contribution >= 4 is 34.6 Å². The Morgan fingerprint density at radius 3 is 2.53 bits per heavy atom. The molecule has 0 aliphatic carbocycles. The number of nitrogens with zero attached hydrogens (tertiary/aromatic N) is 2. The number of thiocarbonyl (C=S) groups is 1. The third-order valence-electron chi connectivity index (χ3n) is 5.79. The number of pyridine rings is 1. The molecular weight excluding hydrogens is 470 g/mol. The van der Waals surface area contributed by atoms with Crippen LogP contribution in [0.15, 0.2) is 83.4 Å². The van der Waals surface area contributed by atoms with Crippen molar-refractivity contribution in [1.29, 1.82) is 0 Å². The summed E-state index contributed by atoms with van der Waals surface area (Å²) in [5.74, 6) is 2.82. The molecule has 8 heteroatoms. The highest BCUT2D eigenvalue weighted by Gasteiger charge is 2.43. The minimum Gasteiger partial charge on any atom is -0.497 e. The fourth-order valence-electron chi connectivity index (χ4n) is 4.17. The van der Waals surface area contributed by atoms with Gasteiger partial charge in [0.15, 0.2) is 5.11 Å². The first kappa shape index (κ1) is 22.3. The molecule has 1 saturated heterocycles. The molecule has 3 heterocycles. The molecule has 2 aromatic carbocycles. The van der Waals surface area contributed by atoms with Crippen LogP contribution in [-0.4, -0.2) is 24.3 Å². The van der Waals surface area contributed by atoms with Crippen LogP contribution in [0.2, 0.25) is 5.02 Å². The molecule has 2 atom stereocenters. The minimum absolute atomic E-state index is 0.232. The van der Waals surface area contributed by atoms with Gasteiger partial charge in [-0.15, -0.1) is 0 Å². The summed E-state index contributed by atoms with van der Waals surface area (Å²) in [5, 5.41) is 4.66. The Kier molecular flexibility index (Phi) is 6.13. The predicted octanol–water partition coefficient (Wildman–Crippen LogP) is 6.19. The number of methoxy groups -OCH3 is 2. The zero-order valence-corrected chi connectivity index (χ0v) is 20.1. The SMILES string of the molecule is COc1ccc(N2C(=S)N[C@H](c3ccccn3)[C@@H]2c2ccc(-c3ccc(Cl)cc3)o2)c(OC)c1. The average molecular weight is 492 g/mol. The predicted molar refractivity (Wildman–Crippen MR) is 137 cm³/mol. The summed E-state index contributed by atoms with van der Waals surface area (Å²) in [4.78, 5) is 6.60. The van der Waals surface area contributed by atoms with Crippen molar-refractivity contribution in [3.8, 4) is 22.8 Å². The van der Waals surface area contributed by atoms with E-state index in [1.54, 1.807) is 20.4 Å². The molecule has 1 fully saturated rings. The van der Waals surface area contributed by atoms with Gasteiger partial charge in [-0.1, -0.05) is 17.7 Å². The van der Waals surface area contributed by atoms with Crippen molar-refractivity contribution in [3.63, 3.8) is 0 Å². The molecule has 1 aliphatic rings. The lowest BCUT2D eigenvalue weighted by atomic mass is 10.0. The van der Waals surface area contributed by atoms with E-state index in [0.29, 0.717) is 21.6 Å². The molecule has 5 rings (SSSR count). The van der Waals surface area contributed by atoms with Crippen LogP contribution in [0.3, 0.4) is 0 Å². The molecule has 2 aromatic heterocycles. The number of aromatic nitrogens is 1. The monoisotopic (exact) mass is 491 g/mol. The van der Waals surface area contributed by atoms with Crippen LogP contribution in [0.25, 0.3) is 11.3 Å². The van der Waals surface area contributed by atoms with Gasteiger partial charge < -0.3 is 24.1 Å². The van der Waals surface area contributed by atoms with Gasteiger partial charge in [-0.3, -0.25) is 4.98 Å². The third kappa shape index (κ3) is 4.08. The van der Waals surface area contributed by atoms with Crippen LogP contribution in [0, 0.1) is 0 Å². The van der Waals surface area contributed by atoms with Crippen molar-refractivity contribution in [2.75, 3.05) is 19.1 Å². The van der Waals surface area contributed by atoms with E-state index in [1.165, 1.54) is 0 Å². The Bertz CT molecular complexity index is 1310. The largest absolute Gasteiger partial charge is 0.497 e. The average Bonchev–Trinajstić information content (AvgIpc) is 3.49. The highest BCUT2D eigenvalue weighted by atomic mass is 35.5. The molecule has 4 aromatic rings. The molecule has 0 bridgehead atoms. The molecule has 0 radical (unpaired) electrons. The van der Waals surface area contributed by atoms with Gasteiger partial charge in [0.05, 0.1) is 31.6 Å². The lowest BCUT2D eigenvalue weighted by Gasteiger charge is -2.27. The number of hydrogen-bond donors (Lipinski definition) is 1. The zero-order valence-electron chi connectivity index (χ0n) is 18.6. The van der Waals surface area contributed by atoms with Crippen LogP contribution in [0.4, 0.5) is 5.69 Å². The number of benzene rings is 2. The van der Waals surface area contributed by atoms with E-state index in [2.05, 4.69) is 10.3 Å². The van der Waals surface area contributed by atoms with Crippen molar-refractivity contribution in [2.24, 2.45) is 0 Å². The highest BCUT2D eigenvalue weighted by Crippen LogP contribution is 2.46. The van der Waals surface area contributed by atoms with Crippen molar-refractivity contribution in [1.82, 2.24) is 10.3 Å². The van der Waals surface area contributed by atoms with Crippen molar-refractivity contribution < 1.29 is 13.9 Å². The van der Waals surface area contributed by atoms with Gasteiger partial charge in [-0.25, -0.2) is 0 Å². The Balaban J connectivity index is 1.62. The first-order valence-corrected chi connectivity index (χ1v) is 11.5. The molecule has 0 spiro atoms. The number of furan rings is 1. The van der Waals surface area contributed by atoms with E-state index < -0.39 is 0 Å². The van der Waals surface area contributed by atoms with Crippen LogP contribution in [-0.2, 0) is 0 Å². The summed E-state index contributed by atoms with van der Waals surface area (Å²) in [5.41, 5.74) is 2.59. The quantitative estimate of drug-likeness (QED) is 0.323. The molecule has 0 amide bonds. The second kappa shape index (κ2) is 9.37. The molecule has 0 saturated carbocycles. The summed E-state index contributed by atoms with van der Waals surface area (Å²) in [6.45, 7) is 0. The lowest BCUT2D eigenvalue weighted by Crippen LogP contribution is -2.29. The molecule has 1 aliphatic heterocycles. The number of rotatable bonds is 6. The summed E-state index contributed by atoms with van der Waals surface area (Å²) in [7, 11) is 3.25. The first-order valence-electron chi connectivity index (χ1n) is 10.7. The van der Waals surface area contributed by atoms with E-state index in [1.807, 2.05) is 77.7 Å². The van der Waals surface area contributed by atoms with Crippen LogP contribution < -0.4 is 19.7 Å². The fourth-order valence-corrected chi connectivity index (χ4v) is 4.63. The van der Waals surface area contributed by atoms with Gasteiger partial charge in [-0.2, -0.15) is 0 Å². The van der Waals surface area contributed by atoms with Gasteiger partial charge >= 0.3 is 0 Å². The molecule has 34 heavy (non-hydrogen) atoms. The molecule has 1 N–H and O–H groups in total. The summed E-state index contributed by atoms with van der Waals surface area (Å²) >= 11 is 11.9. The second-order valence-corrected chi connectivity index (χ2v) is 8.57. The van der Waals surface area contributed by atoms with Gasteiger partial charge in [0.1, 0.15) is 29.1 Å². The Morgan fingerprint density at radius 1 is 1.00 bits per heavy atom. The number of ether oxygens (including phenoxy) is 2. The minimum atomic E-state index is -0.300. The Labute approximate surface area is 208 Å². The highest BCUT2D eigenvalue weighted by molar-refractivity contribution is 7.80. The van der Waals surface area contributed by atoms with Gasteiger partial charge in [0, 0.05) is 22.8 Å². The molecule has 0 unspecified atom stereocenters. The maximum Gasteiger partial charge on any atom is 0.174 e. The molecular formula is C26H22ClN3O3S. The molecule has 6 nitrogen and oxygen atoms in total. The Hall–Kier alpha value is -3.55. The Morgan fingerprint density at radius 2 is 1.82 bits per heavy atom. The van der Waals surface area contributed by atoms with Gasteiger partial charge in [-0.05, 0) is 72.9 Å².